The van der Waals surface area contributed by atoms with E-state index in [2.05, 4.69) is 0 Å². The molecule has 0 aliphatic heterocycles. The minimum Gasteiger partial charge on any atom is -0.392 e. The SMILES string of the molecule is OCc1ccc([C@H]2CC[C@@H](C(F)(F)F)CC2)cc1. The molecule has 1 saturated carbocycles. The Morgan fingerprint density at radius 3 is 2.00 bits per heavy atom. The number of benzene rings is 1. The molecule has 0 spiro atoms. The maximum absolute atomic E-state index is 12.5. The van der Waals surface area contributed by atoms with Gasteiger partial charge in [0, 0.05) is 0 Å². The van der Waals surface area contributed by atoms with Crippen LogP contribution in [0.2, 0.25) is 0 Å². The first-order chi connectivity index (χ1) is 8.50. The Morgan fingerprint density at radius 1 is 1.00 bits per heavy atom. The molecule has 1 N–H and O–H groups in total. The summed E-state index contributed by atoms with van der Waals surface area (Å²) in [6.45, 7) is 0.00109. The molecule has 0 heterocycles. The highest BCUT2D eigenvalue weighted by Gasteiger charge is 2.41. The number of alkyl halides is 3. The Hall–Kier alpha value is -1.03. The van der Waals surface area contributed by atoms with Crippen molar-refractivity contribution < 1.29 is 18.3 Å². The van der Waals surface area contributed by atoms with Gasteiger partial charge in [-0.05, 0) is 42.7 Å². The fourth-order valence-electron chi connectivity index (χ4n) is 2.65. The lowest BCUT2D eigenvalue weighted by Crippen LogP contribution is -2.27. The molecule has 0 saturated heterocycles. The van der Waals surface area contributed by atoms with Gasteiger partial charge in [0.1, 0.15) is 0 Å². The van der Waals surface area contributed by atoms with E-state index in [4.69, 9.17) is 5.11 Å². The molecule has 1 aromatic carbocycles. The van der Waals surface area contributed by atoms with Crippen LogP contribution in [-0.2, 0) is 6.61 Å². The summed E-state index contributed by atoms with van der Waals surface area (Å²) < 4.78 is 37.6. The zero-order valence-electron chi connectivity index (χ0n) is 10.1. The van der Waals surface area contributed by atoms with Gasteiger partial charge in [0.15, 0.2) is 0 Å². The lowest BCUT2D eigenvalue weighted by Gasteiger charge is -2.30. The predicted octanol–water partition coefficient (Wildman–Crippen LogP) is 4.02. The van der Waals surface area contributed by atoms with E-state index in [0.717, 1.165) is 11.1 Å². The van der Waals surface area contributed by atoms with Crippen LogP contribution in [0.4, 0.5) is 13.2 Å². The lowest BCUT2D eigenvalue weighted by molar-refractivity contribution is -0.182. The van der Waals surface area contributed by atoms with E-state index < -0.39 is 12.1 Å². The minimum absolute atomic E-state index is 0.00109. The molecule has 1 nitrogen and oxygen atoms in total. The normalized spacial score (nSPS) is 25.1. The maximum atomic E-state index is 12.5. The fourth-order valence-corrected chi connectivity index (χ4v) is 2.65. The largest absolute Gasteiger partial charge is 0.392 e. The molecule has 1 aliphatic rings. The molecule has 1 aromatic rings. The van der Waals surface area contributed by atoms with Gasteiger partial charge < -0.3 is 5.11 Å². The number of aliphatic hydroxyl groups excluding tert-OH is 1. The summed E-state index contributed by atoms with van der Waals surface area (Å²) in [5.41, 5.74) is 1.93. The standard InChI is InChI=1S/C14H17F3O/c15-14(16,17)13-7-5-12(6-8-13)11-3-1-10(9-18)2-4-11/h1-4,12-13,18H,5-9H2/t12-,13+. The highest BCUT2D eigenvalue weighted by molar-refractivity contribution is 5.25. The molecule has 4 heteroatoms. The van der Waals surface area contributed by atoms with Crippen LogP contribution in [0, 0.1) is 5.92 Å². The van der Waals surface area contributed by atoms with E-state index in [1.54, 1.807) is 0 Å². The predicted molar refractivity (Wildman–Crippen MR) is 63.1 cm³/mol. The Labute approximate surface area is 105 Å². The van der Waals surface area contributed by atoms with Crippen molar-refractivity contribution >= 4 is 0 Å². The van der Waals surface area contributed by atoms with Crippen molar-refractivity contribution in [2.45, 2.75) is 44.4 Å². The topological polar surface area (TPSA) is 20.2 Å². The van der Waals surface area contributed by atoms with Crippen LogP contribution in [0.1, 0.15) is 42.7 Å². The van der Waals surface area contributed by atoms with Crippen molar-refractivity contribution in [3.05, 3.63) is 35.4 Å². The van der Waals surface area contributed by atoms with Crippen molar-refractivity contribution in [3.63, 3.8) is 0 Å². The smallest absolute Gasteiger partial charge is 0.391 e. The summed E-state index contributed by atoms with van der Waals surface area (Å²) in [5, 5.41) is 8.94. The van der Waals surface area contributed by atoms with E-state index in [1.807, 2.05) is 24.3 Å². The summed E-state index contributed by atoms with van der Waals surface area (Å²) in [4.78, 5) is 0. The van der Waals surface area contributed by atoms with Crippen molar-refractivity contribution in [1.82, 2.24) is 0 Å². The fraction of sp³-hybridized carbons (Fsp3) is 0.571. The minimum atomic E-state index is -4.04. The van der Waals surface area contributed by atoms with E-state index in [0.29, 0.717) is 12.8 Å². The average molecular weight is 258 g/mol. The van der Waals surface area contributed by atoms with Crippen molar-refractivity contribution in [2.24, 2.45) is 5.92 Å². The Kier molecular flexibility index (Phi) is 3.95. The molecule has 18 heavy (non-hydrogen) atoms. The summed E-state index contributed by atoms with van der Waals surface area (Å²) >= 11 is 0. The molecule has 1 aliphatic carbocycles. The molecule has 0 amide bonds. The Balaban J connectivity index is 1.96. The summed E-state index contributed by atoms with van der Waals surface area (Å²) in [7, 11) is 0. The van der Waals surface area contributed by atoms with Gasteiger partial charge in [-0.2, -0.15) is 13.2 Å². The van der Waals surface area contributed by atoms with Gasteiger partial charge in [-0.25, -0.2) is 0 Å². The molecule has 0 unspecified atom stereocenters. The lowest BCUT2D eigenvalue weighted by atomic mass is 9.78. The molecular formula is C14H17F3O. The Bertz CT molecular complexity index is 375. The molecule has 0 aromatic heterocycles. The quantitative estimate of drug-likeness (QED) is 0.849. The highest BCUT2D eigenvalue weighted by atomic mass is 19.4. The van der Waals surface area contributed by atoms with Gasteiger partial charge in [0.05, 0.1) is 12.5 Å². The molecule has 2 rings (SSSR count). The molecule has 100 valence electrons. The van der Waals surface area contributed by atoms with Crippen LogP contribution in [0.3, 0.4) is 0 Å². The number of rotatable bonds is 2. The van der Waals surface area contributed by atoms with Gasteiger partial charge in [-0.15, -0.1) is 0 Å². The molecule has 0 bridgehead atoms. The van der Waals surface area contributed by atoms with Gasteiger partial charge in [0.25, 0.3) is 0 Å². The zero-order valence-corrected chi connectivity index (χ0v) is 10.1. The van der Waals surface area contributed by atoms with Gasteiger partial charge >= 0.3 is 6.18 Å². The van der Waals surface area contributed by atoms with Crippen LogP contribution in [0.5, 0.6) is 0 Å². The van der Waals surface area contributed by atoms with Gasteiger partial charge in [-0.3, -0.25) is 0 Å². The second-order valence-corrected chi connectivity index (χ2v) is 4.99. The zero-order chi connectivity index (χ0) is 13.2. The molecule has 1 fully saturated rings. The third-order valence-electron chi connectivity index (χ3n) is 3.82. The van der Waals surface area contributed by atoms with Gasteiger partial charge in [-0.1, -0.05) is 24.3 Å². The third-order valence-corrected chi connectivity index (χ3v) is 3.82. The van der Waals surface area contributed by atoms with E-state index in [9.17, 15) is 13.2 Å². The summed E-state index contributed by atoms with van der Waals surface area (Å²) in [6.07, 6.45) is -2.37. The van der Waals surface area contributed by atoms with E-state index in [-0.39, 0.29) is 25.4 Å². The molecule has 0 radical (unpaired) electrons. The van der Waals surface area contributed by atoms with Crippen LogP contribution in [-0.4, -0.2) is 11.3 Å². The molecule has 0 atom stereocenters. The maximum Gasteiger partial charge on any atom is 0.391 e. The molecular weight excluding hydrogens is 241 g/mol. The summed E-state index contributed by atoms with van der Waals surface area (Å²) in [5.74, 6) is -0.887. The van der Waals surface area contributed by atoms with Crippen LogP contribution >= 0.6 is 0 Å². The van der Waals surface area contributed by atoms with Crippen LogP contribution in [0.15, 0.2) is 24.3 Å². The summed E-state index contributed by atoms with van der Waals surface area (Å²) in [6, 6.07) is 7.52. The third kappa shape index (κ3) is 3.05. The first kappa shape index (κ1) is 13.4. The Morgan fingerprint density at radius 2 is 1.56 bits per heavy atom. The van der Waals surface area contributed by atoms with E-state index in [1.165, 1.54) is 0 Å². The number of hydrogen-bond acceptors (Lipinski definition) is 1. The van der Waals surface area contributed by atoms with Gasteiger partial charge in [0.2, 0.25) is 0 Å². The number of halogens is 3. The van der Waals surface area contributed by atoms with Crippen molar-refractivity contribution in [3.8, 4) is 0 Å². The van der Waals surface area contributed by atoms with Crippen LogP contribution < -0.4 is 0 Å². The van der Waals surface area contributed by atoms with E-state index >= 15 is 0 Å². The monoisotopic (exact) mass is 258 g/mol. The highest BCUT2D eigenvalue weighted by Crippen LogP contribution is 2.42. The second kappa shape index (κ2) is 5.31. The van der Waals surface area contributed by atoms with Crippen LogP contribution in [0.25, 0.3) is 0 Å². The first-order valence-electron chi connectivity index (χ1n) is 6.27. The van der Waals surface area contributed by atoms with Crippen molar-refractivity contribution in [2.75, 3.05) is 0 Å². The second-order valence-electron chi connectivity index (χ2n) is 4.99. The number of hydrogen-bond donors (Lipinski definition) is 1. The first-order valence-corrected chi connectivity index (χ1v) is 6.27. The average Bonchev–Trinajstić information content (AvgIpc) is 2.38. The van der Waals surface area contributed by atoms with Crippen molar-refractivity contribution in [1.29, 1.82) is 0 Å². The number of aliphatic hydroxyl groups is 1.